The molecule has 10 nitrogen and oxygen atoms in total. The molecule has 3 rings (SSSR count). The number of carboxylic acid groups (broad SMARTS) is 1. The number of nitrogens with zero attached hydrogens (tertiary/aromatic N) is 1. The van der Waals surface area contributed by atoms with Gasteiger partial charge in [0.15, 0.2) is 11.8 Å². The Kier molecular flexibility index (Phi) is 10.3. The van der Waals surface area contributed by atoms with E-state index in [0.717, 1.165) is 17.0 Å². The first-order valence-electron chi connectivity index (χ1n) is 10.7. The van der Waals surface area contributed by atoms with E-state index < -0.39 is 54.3 Å². The standard InChI is InChI=1S/C24H22F3N3O7.Na.H/c1-30-9-8-18(31)21(22(30)34)29-23(35)28-17(12-20(32)33)14-6-7-19(37-24(25,26)27)16(11-14)13-4-3-5-15(10-13)36-2;;/h3-11,17,21H,12H2,1-2H3,(H,32,33)(H2,28,29,35);;/t17-,21?;;/m0../s1. The van der Waals surface area contributed by atoms with E-state index in [9.17, 15) is 37.5 Å². The van der Waals surface area contributed by atoms with Gasteiger partial charge in [0.25, 0.3) is 5.91 Å². The molecule has 1 aliphatic rings. The van der Waals surface area contributed by atoms with E-state index in [1.54, 1.807) is 12.1 Å². The van der Waals surface area contributed by atoms with E-state index in [0.29, 0.717) is 5.75 Å². The number of hydrogen-bond donors (Lipinski definition) is 3. The molecule has 0 spiro atoms. The normalized spacial score (nSPS) is 15.8. The van der Waals surface area contributed by atoms with Crippen LogP contribution < -0.4 is 20.1 Å². The number of nitrogens with one attached hydrogen (secondary N) is 2. The molecule has 0 saturated carbocycles. The van der Waals surface area contributed by atoms with Crippen LogP contribution in [0.25, 0.3) is 11.1 Å². The summed E-state index contributed by atoms with van der Waals surface area (Å²) in [6, 6.07) is 5.71. The predicted molar refractivity (Wildman–Crippen MR) is 130 cm³/mol. The van der Waals surface area contributed by atoms with E-state index in [2.05, 4.69) is 15.4 Å². The first-order valence-corrected chi connectivity index (χ1v) is 10.7. The third-order valence-corrected chi connectivity index (χ3v) is 5.31. The van der Waals surface area contributed by atoms with Crippen molar-refractivity contribution in [2.75, 3.05) is 14.2 Å². The fourth-order valence-electron chi connectivity index (χ4n) is 3.57. The average Bonchev–Trinajstić information content (AvgIpc) is 2.83. The van der Waals surface area contributed by atoms with Crippen molar-refractivity contribution in [3.8, 4) is 22.6 Å². The van der Waals surface area contributed by atoms with Crippen molar-refractivity contribution >= 4 is 53.2 Å². The van der Waals surface area contributed by atoms with E-state index in [1.165, 1.54) is 44.6 Å². The quantitative estimate of drug-likeness (QED) is 0.343. The summed E-state index contributed by atoms with van der Waals surface area (Å²) in [4.78, 5) is 49.5. The van der Waals surface area contributed by atoms with Gasteiger partial charge in [-0.05, 0) is 35.4 Å². The van der Waals surface area contributed by atoms with Gasteiger partial charge in [-0.3, -0.25) is 14.4 Å². The summed E-state index contributed by atoms with van der Waals surface area (Å²) in [6.45, 7) is 0. The van der Waals surface area contributed by atoms with Crippen molar-refractivity contribution in [2.45, 2.75) is 24.9 Å². The summed E-state index contributed by atoms with van der Waals surface area (Å²) >= 11 is 0. The second-order valence-corrected chi connectivity index (χ2v) is 7.90. The molecule has 198 valence electrons. The van der Waals surface area contributed by atoms with Crippen LogP contribution in [0.3, 0.4) is 0 Å². The molecule has 1 heterocycles. The first-order chi connectivity index (χ1) is 17.4. The number of carboxylic acids is 1. The van der Waals surface area contributed by atoms with Crippen molar-refractivity contribution < 1.29 is 46.9 Å². The number of carbonyl (C=O) groups excluding carboxylic acids is 3. The molecular weight excluding hydrogens is 522 g/mol. The number of carbonyl (C=O) groups is 4. The van der Waals surface area contributed by atoms with Crippen LogP contribution in [0.4, 0.5) is 18.0 Å². The molecule has 0 radical (unpaired) electrons. The molecule has 3 N–H and O–H groups in total. The van der Waals surface area contributed by atoms with Gasteiger partial charge in [-0.2, -0.15) is 0 Å². The van der Waals surface area contributed by atoms with Crippen LogP contribution in [0, 0.1) is 0 Å². The Morgan fingerprint density at radius 3 is 2.50 bits per heavy atom. The van der Waals surface area contributed by atoms with Crippen LogP contribution in [0.1, 0.15) is 18.0 Å². The fourth-order valence-corrected chi connectivity index (χ4v) is 3.57. The molecule has 0 fully saturated rings. The number of benzene rings is 2. The maximum atomic E-state index is 13.0. The van der Waals surface area contributed by atoms with Crippen molar-refractivity contribution in [3.63, 3.8) is 0 Å². The van der Waals surface area contributed by atoms with Crippen LogP contribution in [0.15, 0.2) is 54.7 Å². The van der Waals surface area contributed by atoms with Gasteiger partial charge in [-0.15, -0.1) is 13.2 Å². The van der Waals surface area contributed by atoms with E-state index in [4.69, 9.17) is 4.74 Å². The van der Waals surface area contributed by atoms with Gasteiger partial charge >= 0.3 is 47.9 Å². The Morgan fingerprint density at radius 1 is 1.16 bits per heavy atom. The Morgan fingerprint density at radius 2 is 1.87 bits per heavy atom. The summed E-state index contributed by atoms with van der Waals surface area (Å²) in [6.07, 6.45) is -3.33. The number of urea groups is 1. The number of amides is 3. The number of halogens is 3. The molecule has 0 saturated heterocycles. The second kappa shape index (κ2) is 12.8. The van der Waals surface area contributed by atoms with E-state index in [1.807, 2.05) is 0 Å². The number of ketones is 1. The Labute approximate surface area is 237 Å². The topological polar surface area (TPSA) is 134 Å². The van der Waals surface area contributed by atoms with Gasteiger partial charge < -0.3 is 30.1 Å². The van der Waals surface area contributed by atoms with Crippen molar-refractivity contribution in [1.29, 1.82) is 0 Å². The zero-order valence-electron chi connectivity index (χ0n) is 19.5. The number of rotatable bonds is 8. The summed E-state index contributed by atoms with van der Waals surface area (Å²) in [5.41, 5.74) is 0.353. The molecule has 2 aromatic carbocycles. The molecule has 0 bridgehead atoms. The van der Waals surface area contributed by atoms with Gasteiger partial charge in [0.05, 0.1) is 19.6 Å². The predicted octanol–water partition coefficient (Wildman–Crippen LogP) is 2.35. The van der Waals surface area contributed by atoms with Gasteiger partial charge in [0.2, 0.25) is 0 Å². The van der Waals surface area contributed by atoms with E-state index >= 15 is 0 Å². The molecule has 1 unspecified atom stereocenters. The summed E-state index contributed by atoms with van der Waals surface area (Å²) in [5, 5.41) is 13.9. The van der Waals surface area contributed by atoms with Gasteiger partial charge in [0.1, 0.15) is 11.5 Å². The Hall–Kier alpha value is -3.55. The molecule has 14 heteroatoms. The second-order valence-electron chi connectivity index (χ2n) is 7.90. The number of aliphatic carboxylic acids is 1. The number of alkyl halides is 3. The number of hydrogen-bond acceptors (Lipinski definition) is 6. The minimum atomic E-state index is -5.01. The van der Waals surface area contributed by atoms with E-state index in [-0.39, 0.29) is 46.2 Å². The summed E-state index contributed by atoms with van der Waals surface area (Å²) < 4.78 is 48.4. The minimum absolute atomic E-state index is 0. The molecule has 1 aliphatic heterocycles. The van der Waals surface area contributed by atoms with Crippen LogP contribution >= 0.6 is 0 Å². The van der Waals surface area contributed by atoms with Gasteiger partial charge in [-0.25, -0.2) is 4.79 Å². The van der Waals surface area contributed by atoms with Crippen LogP contribution in [0.2, 0.25) is 0 Å². The monoisotopic (exact) mass is 545 g/mol. The summed E-state index contributed by atoms with van der Waals surface area (Å²) in [7, 11) is 2.76. The molecule has 0 aromatic heterocycles. The average molecular weight is 545 g/mol. The first kappa shape index (κ1) is 30.7. The van der Waals surface area contributed by atoms with Crippen LogP contribution in [0.5, 0.6) is 11.5 Å². The number of likely N-dealkylation sites (N-methyl/N-ethyl adjacent to an activating group) is 1. The number of ether oxygens (including phenoxy) is 2. The van der Waals surface area contributed by atoms with Gasteiger partial charge in [-0.1, -0.05) is 18.2 Å². The van der Waals surface area contributed by atoms with Crippen molar-refractivity contribution in [1.82, 2.24) is 15.5 Å². The third kappa shape index (κ3) is 7.97. The molecule has 2 atom stereocenters. The molecule has 2 aromatic rings. The third-order valence-electron chi connectivity index (χ3n) is 5.31. The zero-order chi connectivity index (χ0) is 27.3. The SMILES string of the molecule is COc1cccc(-c2cc([C@H](CC(=O)O)NC(=O)NC3C(=O)C=CN(C)C3=O)ccc2OC(F)(F)F)c1.[NaH]. The zero-order valence-corrected chi connectivity index (χ0v) is 19.5. The Balaban J connectivity index is 0.00000507. The van der Waals surface area contributed by atoms with Crippen molar-refractivity contribution in [3.05, 3.63) is 60.3 Å². The Bertz CT molecular complexity index is 1250. The van der Waals surface area contributed by atoms with Crippen LogP contribution in [-0.2, 0) is 14.4 Å². The fraction of sp³-hybridized carbons (Fsp3) is 0.250. The summed E-state index contributed by atoms with van der Waals surface area (Å²) in [5.74, 6) is -2.91. The molecule has 3 amide bonds. The molecular formula is C24H23F3N3NaO7. The van der Waals surface area contributed by atoms with Crippen molar-refractivity contribution in [2.24, 2.45) is 0 Å². The maximum absolute atomic E-state index is 13.0. The van der Waals surface area contributed by atoms with Crippen LogP contribution in [-0.4, -0.2) is 89.8 Å². The molecule has 38 heavy (non-hydrogen) atoms. The number of methoxy groups -OCH3 is 1. The van der Waals surface area contributed by atoms with Gasteiger partial charge in [0, 0.05) is 24.9 Å². The molecule has 0 aliphatic carbocycles.